The molecule has 0 bridgehead atoms. The molecule has 0 aromatic carbocycles. The normalized spacial score (nSPS) is 23.0. The van der Waals surface area contributed by atoms with Gasteiger partial charge < -0.3 is 19.5 Å². The van der Waals surface area contributed by atoms with Gasteiger partial charge in [-0.15, -0.1) is 0 Å². The molecule has 2 unspecified atom stereocenters. The first-order valence-corrected chi connectivity index (χ1v) is 10.1. The Hall–Kier alpha value is -1.22. The summed E-state index contributed by atoms with van der Waals surface area (Å²) in [5, 5.41) is 8.92. The lowest BCUT2D eigenvalue weighted by atomic mass is 9.91. The Morgan fingerprint density at radius 2 is 1.81 bits per heavy atom. The predicted octanol–water partition coefficient (Wildman–Crippen LogP) is 0.367. The number of carbonyl (C=O) groups is 2. The van der Waals surface area contributed by atoms with Crippen LogP contribution >= 0.6 is 0 Å². The first-order chi connectivity index (χ1) is 13.0. The molecule has 27 heavy (non-hydrogen) atoms. The fourth-order valence-corrected chi connectivity index (χ4v) is 4.11. The predicted molar refractivity (Wildman–Crippen MR) is 102 cm³/mol. The summed E-state index contributed by atoms with van der Waals surface area (Å²) < 4.78 is 11.3. The highest BCUT2D eigenvalue weighted by atomic mass is 16.5. The number of carbonyl (C=O) groups excluding carboxylic acids is 1. The van der Waals surface area contributed by atoms with Crippen LogP contribution in [0, 0.1) is 5.92 Å². The Bertz CT molecular complexity index is 480. The van der Waals surface area contributed by atoms with Crippen molar-refractivity contribution in [1.29, 1.82) is 0 Å². The molecule has 2 fully saturated rings. The second-order valence-corrected chi connectivity index (χ2v) is 7.54. The summed E-state index contributed by atoms with van der Waals surface area (Å²) in [5.41, 5.74) is 0. The number of amides is 1. The molecule has 1 N–H and O–H groups in total. The number of carboxylic acids is 1. The molecule has 2 saturated heterocycles. The van der Waals surface area contributed by atoms with Crippen molar-refractivity contribution < 1.29 is 24.2 Å². The minimum Gasteiger partial charge on any atom is -0.480 e. The van der Waals surface area contributed by atoms with Crippen molar-refractivity contribution in [3.05, 3.63) is 0 Å². The highest BCUT2D eigenvalue weighted by molar-refractivity contribution is 5.82. The maximum Gasteiger partial charge on any atom is 0.317 e. The van der Waals surface area contributed by atoms with Gasteiger partial charge in [-0.1, -0.05) is 26.7 Å². The fourth-order valence-electron chi connectivity index (χ4n) is 4.11. The zero-order valence-corrected chi connectivity index (χ0v) is 16.9. The summed E-state index contributed by atoms with van der Waals surface area (Å²) >= 11 is 0. The average molecular weight is 386 g/mol. The van der Waals surface area contributed by atoms with E-state index in [0.717, 1.165) is 25.9 Å². The summed E-state index contributed by atoms with van der Waals surface area (Å²) in [6.45, 7) is 9.32. The van der Waals surface area contributed by atoms with Crippen molar-refractivity contribution in [2.45, 2.75) is 38.8 Å². The lowest BCUT2D eigenvalue weighted by Gasteiger charge is -2.42. The monoisotopic (exact) mass is 385 g/mol. The average Bonchev–Trinajstić information content (AvgIpc) is 2.65. The van der Waals surface area contributed by atoms with Crippen LogP contribution in [0.2, 0.25) is 0 Å². The molecule has 0 aromatic rings. The standard InChI is InChI=1S/C19H35N3O5/c1-4-15(5-2)18(21-6-9-26-10-7-21)19(25)22-8-11-27-16(13-22)12-20(3)14-17(23)24/h15-16,18H,4-14H2,1-3H3,(H,23,24). The molecular formula is C19H35N3O5. The molecule has 0 spiro atoms. The van der Waals surface area contributed by atoms with E-state index in [4.69, 9.17) is 14.6 Å². The van der Waals surface area contributed by atoms with Gasteiger partial charge in [-0.05, 0) is 13.0 Å². The van der Waals surface area contributed by atoms with Gasteiger partial charge in [0.15, 0.2) is 0 Å². The quantitative estimate of drug-likeness (QED) is 0.614. The van der Waals surface area contributed by atoms with Gasteiger partial charge in [0.1, 0.15) is 0 Å². The lowest BCUT2D eigenvalue weighted by molar-refractivity contribution is -0.150. The zero-order chi connectivity index (χ0) is 19.8. The van der Waals surface area contributed by atoms with Crippen molar-refractivity contribution in [2.24, 2.45) is 5.92 Å². The zero-order valence-electron chi connectivity index (χ0n) is 16.9. The Morgan fingerprint density at radius 3 is 2.41 bits per heavy atom. The minimum atomic E-state index is -0.859. The molecular weight excluding hydrogens is 350 g/mol. The highest BCUT2D eigenvalue weighted by Crippen LogP contribution is 2.23. The maximum absolute atomic E-state index is 13.4. The van der Waals surface area contributed by atoms with Crippen molar-refractivity contribution in [3.8, 4) is 0 Å². The highest BCUT2D eigenvalue weighted by Gasteiger charge is 2.37. The molecule has 0 aliphatic carbocycles. The van der Waals surface area contributed by atoms with Gasteiger partial charge in [-0.3, -0.25) is 19.4 Å². The van der Waals surface area contributed by atoms with E-state index in [1.165, 1.54) is 0 Å². The molecule has 8 heteroatoms. The maximum atomic E-state index is 13.4. The number of rotatable bonds is 9. The molecule has 0 aromatic heterocycles. The van der Waals surface area contributed by atoms with Crippen LogP contribution in [0.1, 0.15) is 26.7 Å². The van der Waals surface area contributed by atoms with Crippen LogP contribution in [-0.4, -0.2) is 110 Å². The smallest absolute Gasteiger partial charge is 0.317 e. The van der Waals surface area contributed by atoms with E-state index < -0.39 is 5.97 Å². The Labute approximate surface area is 162 Å². The first kappa shape index (κ1) is 22.1. The second-order valence-electron chi connectivity index (χ2n) is 7.54. The van der Waals surface area contributed by atoms with Gasteiger partial charge in [-0.25, -0.2) is 0 Å². The topological polar surface area (TPSA) is 82.5 Å². The van der Waals surface area contributed by atoms with Gasteiger partial charge in [0, 0.05) is 32.7 Å². The lowest BCUT2D eigenvalue weighted by Crippen LogP contribution is -2.58. The van der Waals surface area contributed by atoms with Gasteiger partial charge >= 0.3 is 5.97 Å². The summed E-state index contributed by atoms with van der Waals surface area (Å²) in [7, 11) is 1.76. The van der Waals surface area contributed by atoms with E-state index in [1.807, 2.05) is 4.90 Å². The molecule has 2 aliphatic rings. The molecule has 8 nitrogen and oxygen atoms in total. The third kappa shape index (κ3) is 6.41. The molecule has 2 atom stereocenters. The van der Waals surface area contributed by atoms with E-state index in [2.05, 4.69) is 18.7 Å². The molecule has 2 heterocycles. The molecule has 2 aliphatic heterocycles. The number of carboxylic acid groups (broad SMARTS) is 1. The van der Waals surface area contributed by atoms with Crippen LogP contribution in [0.3, 0.4) is 0 Å². The number of ether oxygens (including phenoxy) is 2. The van der Waals surface area contributed by atoms with Gasteiger partial charge in [0.25, 0.3) is 0 Å². The largest absolute Gasteiger partial charge is 0.480 e. The van der Waals surface area contributed by atoms with Crippen LogP contribution in [0.15, 0.2) is 0 Å². The summed E-state index contributed by atoms with van der Waals surface area (Å²) in [6.07, 6.45) is 1.79. The van der Waals surface area contributed by atoms with E-state index in [9.17, 15) is 9.59 Å². The van der Waals surface area contributed by atoms with Crippen molar-refractivity contribution in [2.75, 3.05) is 66.1 Å². The number of nitrogens with zero attached hydrogens (tertiary/aromatic N) is 3. The van der Waals surface area contributed by atoms with E-state index in [0.29, 0.717) is 45.4 Å². The SMILES string of the molecule is CCC(CC)C(C(=O)N1CCOC(CN(C)CC(=O)O)C1)N1CCOCC1. The Balaban J connectivity index is 2.03. The molecule has 0 saturated carbocycles. The summed E-state index contributed by atoms with van der Waals surface area (Å²) in [4.78, 5) is 30.2. The van der Waals surface area contributed by atoms with Crippen LogP contribution in [0.25, 0.3) is 0 Å². The molecule has 0 radical (unpaired) electrons. The van der Waals surface area contributed by atoms with Crippen LogP contribution in [0.5, 0.6) is 0 Å². The van der Waals surface area contributed by atoms with Crippen LogP contribution in [-0.2, 0) is 19.1 Å². The fraction of sp³-hybridized carbons (Fsp3) is 0.895. The van der Waals surface area contributed by atoms with E-state index in [1.54, 1.807) is 11.9 Å². The Kier molecular flexibility index (Phi) is 8.95. The van der Waals surface area contributed by atoms with Gasteiger partial charge in [0.05, 0.1) is 38.5 Å². The number of likely N-dealkylation sites (N-methyl/N-ethyl adjacent to an activating group) is 1. The van der Waals surface area contributed by atoms with Crippen molar-refractivity contribution in [1.82, 2.24) is 14.7 Å². The van der Waals surface area contributed by atoms with Gasteiger partial charge in [-0.2, -0.15) is 0 Å². The number of hydrogen-bond acceptors (Lipinski definition) is 6. The summed E-state index contributed by atoms with van der Waals surface area (Å²) in [5.74, 6) is -0.353. The van der Waals surface area contributed by atoms with Crippen molar-refractivity contribution in [3.63, 3.8) is 0 Å². The third-order valence-electron chi connectivity index (χ3n) is 5.56. The third-order valence-corrected chi connectivity index (χ3v) is 5.56. The van der Waals surface area contributed by atoms with Crippen LogP contribution in [0.4, 0.5) is 0 Å². The first-order valence-electron chi connectivity index (χ1n) is 10.1. The number of aliphatic carboxylic acids is 1. The summed E-state index contributed by atoms with van der Waals surface area (Å²) in [6, 6.07) is -0.112. The van der Waals surface area contributed by atoms with E-state index >= 15 is 0 Å². The van der Waals surface area contributed by atoms with Crippen LogP contribution < -0.4 is 0 Å². The second kappa shape index (κ2) is 10.9. The molecule has 2 rings (SSSR count). The van der Waals surface area contributed by atoms with Gasteiger partial charge in [0.2, 0.25) is 5.91 Å². The van der Waals surface area contributed by atoms with Crippen molar-refractivity contribution >= 4 is 11.9 Å². The van der Waals surface area contributed by atoms with E-state index in [-0.39, 0.29) is 24.6 Å². The Morgan fingerprint density at radius 1 is 1.15 bits per heavy atom. The number of hydrogen-bond donors (Lipinski definition) is 1. The molecule has 1 amide bonds. The minimum absolute atomic E-state index is 0.0298. The molecule has 156 valence electrons. The number of morpholine rings is 2.